The third-order valence-electron chi connectivity index (χ3n) is 1.94. The Balaban J connectivity index is 2.70. The fourth-order valence-electron chi connectivity index (χ4n) is 1.30. The van der Waals surface area contributed by atoms with Crippen molar-refractivity contribution >= 4 is 28.8 Å². The number of nitrogens with one attached hydrogen (secondary N) is 1. The molecule has 0 aliphatic carbocycles. The Morgan fingerprint density at radius 1 is 1.64 bits per heavy atom. The summed E-state index contributed by atoms with van der Waals surface area (Å²) in [7, 11) is 0. The monoisotopic (exact) mass is 208 g/mol. The van der Waals surface area contributed by atoms with E-state index in [2.05, 4.69) is 9.97 Å². The van der Waals surface area contributed by atoms with Crippen molar-refractivity contribution in [2.75, 3.05) is 6.26 Å². The summed E-state index contributed by atoms with van der Waals surface area (Å²) in [6, 6.07) is 3.48. The molecule has 0 aliphatic heterocycles. The smallest absolute Gasteiger partial charge is 0.352 e. The van der Waals surface area contributed by atoms with E-state index in [1.807, 2.05) is 12.3 Å². The first-order valence-corrected chi connectivity index (χ1v) is 5.20. The molecule has 0 bridgehead atoms. The van der Waals surface area contributed by atoms with Gasteiger partial charge >= 0.3 is 5.97 Å². The molecule has 14 heavy (non-hydrogen) atoms. The molecular weight excluding hydrogens is 200 g/mol. The summed E-state index contributed by atoms with van der Waals surface area (Å²) in [5, 5.41) is 9.64. The fraction of sp³-hybridized carbons (Fsp3) is 0.111. The lowest BCUT2D eigenvalue weighted by Crippen LogP contribution is -1.94. The van der Waals surface area contributed by atoms with E-state index in [1.54, 1.807) is 24.0 Å². The van der Waals surface area contributed by atoms with Crippen LogP contribution < -0.4 is 0 Å². The highest BCUT2D eigenvalue weighted by molar-refractivity contribution is 7.98. The highest BCUT2D eigenvalue weighted by Gasteiger charge is 2.10. The molecule has 0 aliphatic rings. The fourth-order valence-corrected chi connectivity index (χ4v) is 1.87. The second-order valence-electron chi connectivity index (χ2n) is 2.76. The van der Waals surface area contributed by atoms with Gasteiger partial charge in [-0.15, -0.1) is 11.8 Å². The number of thioether (sulfide) groups is 1. The molecule has 0 atom stereocenters. The van der Waals surface area contributed by atoms with E-state index in [1.165, 1.54) is 0 Å². The number of hydrogen-bond acceptors (Lipinski definition) is 3. The molecular formula is C9H8N2O2S. The van der Waals surface area contributed by atoms with Crippen LogP contribution in [-0.2, 0) is 0 Å². The SMILES string of the molecule is CSc1ccnc2[nH]c(C(=O)O)cc12. The van der Waals surface area contributed by atoms with Crippen LogP contribution in [0.1, 0.15) is 10.5 Å². The molecule has 0 unspecified atom stereocenters. The molecule has 0 spiro atoms. The Hall–Kier alpha value is -1.49. The van der Waals surface area contributed by atoms with Crippen LogP contribution in [0.2, 0.25) is 0 Å². The Morgan fingerprint density at radius 3 is 3.07 bits per heavy atom. The van der Waals surface area contributed by atoms with E-state index in [0.29, 0.717) is 5.65 Å². The zero-order valence-corrected chi connectivity index (χ0v) is 8.26. The molecule has 2 aromatic rings. The van der Waals surface area contributed by atoms with E-state index in [4.69, 9.17) is 5.11 Å². The molecule has 0 saturated carbocycles. The number of fused-ring (bicyclic) bond motifs is 1. The van der Waals surface area contributed by atoms with Gasteiger partial charge in [-0.1, -0.05) is 0 Å². The normalized spacial score (nSPS) is 10.6. The van der Waals surface area contributed by atoms with Crippen LogP contribution in [0.25, 0.3) is 11.0 Å². The van der Waals surface area contributed by atoms with Crippen LogP contribution >= 0.6 is 11.8 Å². The highest BCUT2D eigenvalue weighted by Crippen LogP contribution is 2.25. The van der Waals surface area contributed by atoms with Crippen LogP contribution in [0.3, 0.4) is 0 Å². The van der Waals surface area contributed by atoms with Crippen molar-refractivity contribution in [1.29, 1.82) is 0 Å². The van der Waals surface area contributed by atoms with Crippen molar-refractivity contribution in [3.05, 3.63) is 24.0 Å². The van der Waals surface area contributed by atoms with Crippen molar-refractivity contribution in [2.45, 2.75) is 4.90 Å². The molecule has 0 fully saturated rings. The number of aromatic nitrogens is 2. The quantitative estimate of drug-likeness (QED) is 0.740. The third-order valence-corrected chi connectivity index (χ3v) is 2.74. The highest BCUT2D eigenvalue weighted by atomic mass is 32.2. The van der Waals surface area contributed by atoms with Crippen molar-refractivity contribution < 1.29 is 9.90 Å². The number of aromatic carboxylic acids is 1. The molecule has 4 nitrogen and oxygen atoms in total. The first-order valence-electron chi connectivity index (χ1n) is 3.97. The van der Waals surface area contributed by atoms with E-state index >= 15 is 0 Å². The summed E-state index contributed by atoms with van der Waals surface area (Å²) in [5.41, 5.74) is 0.795. The van der Waals surface area contributed by atoms with Crippen LogP contribution in [-0.4, -0.2) is 27.3 Å². The summed E-state index contributed by atoms with van der Waals surface area (Å²) in [4.78, 5) is 18.5. The third kappa shape index (κ3) is 1.35. The maximum atomic E-state index is 10.7. The van der Waals surface area contributed by atoms with Gasteiger partial charge < -0.3 is 10.1 Å². The van der Waals surface area contributed by atoms with Gasteiger partial charge in [-0.25, -0.2) is 9.78 Å². The number of carboxylic acids is 1. The molecule has 5 heteroatoms. The minimum Gasteiger partial charge on any atom is -0.477 e. The Kier molecular flexibility index (Phi) is 2.17. The second-order valence-corrected chi connectivity index (χ2v) is 3.61. The number of nitrogens with zero attached hydrogens (tertiary/aromatic N) is 1. The zero-order valence-electron chi connectivity index (χ0n) is 7.44. The van der Waals surface area contributed by atoms with Gasteiger partial charge in [-0.05, 0) is 18.4 Å². The lowest BCUT2D eigenvalue weighted by molar-refractivity contribution is 0.0691. The maximum absolute atomic E-state index is 10.7. The number of pyridine rings is 1. The molecule has 2 aromatic heterocycles. The maximum Gasteiger partial charge on any atom is 0.352 e. The van der Waals surface area contributed by atoms with Crippen LogP contribution in [0.4, 0.5) is 0 Å². The van der Waals surface area contributed by atoms with Crippen LogP contribution in [0, 0.1) is 0 Å². The molecule has 2 heterocycles. The van der Waals surface area contributed by atoms with Gasteiger partial charge in [0.25, 0.3) is 0 Å². The molecule has 72 valence electrons. The van der Waals surface area contributed by atoms with Gasteiger partial charge in [-0.2, -0.15) is 0 Å². The van der Waals surface area contributed by atoms with Gasteiger partial charge in [0.2, 0.25) is 0 Å². The van der Waals surface area contributed by atoms with Gasteiger partial charge in [0.05, 0.1) is 0 Å². The zero-order chi connectivity index (χ0) is 10.1. The lowest BCUT2D eigenvalue weighted by atomic mass is 10.3. The summed E-state index contributed by atoms with van der Waals surface area (Å²) >= 11 is 1.57. The van der Waals surface area contributed by atoms with Gasteiger partial charge in [-0.3, -0.25) is 0 Å². The molecule has 0 radical (unpaired) electrons. The summed E-state index contributed by atoms with van der Waals surface area (Å²) in [5.74, 6) is -0.963. The van der Waals surface area contributed by atoms with Gasteiger partial charge in [0.15, 0.2) is 0 Å². The number of hydrogen-bond donors (Lipinski definition) is 2. The molecule has 0 aromatic carbocycles. The van der Waals surface area contributed by atoms with Crippen molar-refractivity contribution in [1.82, 2.24) is 9.97 Å². The van der Waals surface area contributed by atoms with E-state index in [-0.39, 0.29) is 5.69 Å². The summed E-state index contributed by atoms with van der Waals surface area (Å²) in [6.45, 7) is 0. The molecule has 2 N–H and O–H groups in total. The largest absolute Gasteiger partial charge is 0.477 e. The predicted octanol–water partition coefficient (Wildman–Crippen LogP) is 1.98. The summed E-state index contributed by atoms with van der Waals surface area (Å²) < 4.78 is 0. The first-order chi connectivity index (χ1) is 6.72. The van der Waals surface area contributed by atoms with Crippen molar-refractivity contribution in [2.24, 2.45) is 0 Å². The van der Waals surface area contributed by atoms with E-state index < -0.39 is 5.97 Å². The lowest BCUT2D eigenvalue weighted by Gasteiger charge is -1.95. The van der Waals surface area contributed by atoms with Crippen molar-refractivity contribution in [3.63, 3.8) is 0 Å². The average Bonchev–Trinajstić information content (AvgIpc) is 2.60. The van der Waals surface area contributed by atoms with Crippen LogP contribution in [0.15, 0.2) is 23.2 Å². The number of rotatable bonds is 2. The van der Waals surface area contributed by atoms with Gasteiger partial charge in [0.1, 0.15) is 11.3 Å². The Bertz CT molecular complexity index is 493. The standard InChI is InChI=1S/C9H8N2O2S/c1-14-7-2-3-10-8-5(7)4-6(11-8)9(12)13/h2-4H,1H3,(H,10,11)(H,12,13). The topological polar surface area (TPSA) is 66.0 Å². The predicted molar refractivity (Wildman–Crippen MR) is 54.8 cm³/mol. The Labute approximate surface area is 84.4 Å². The molecule has 0 saturated heterocycles. The first kappa shape index (κ1) is 9.08. The minimum absolute atomic E-state index is 0.175. The summed E-state index contributed by atoms with van der Waals surface area (Å²) in [6.07, 6.45) is 3.61. The molecule has 2 rings (SSSR count). The number of H-pyrrole nitrogens is 1. The minimum atomic E-state index is -0.963. The Morgan fingerprint density at radius 2 is 2.43 bits per heavy atom. The number of carbonyl (C=O) groups is 1. The average molecular weight is 208 g/mol. The van der Waals surface area contributed by atoms with Crippen molar-refractivity contribution in [3.8, 4) is 0 Å². The van der Waals surface area contributed by atoms with Crippen LogP contribution in [0.5, 0.6) is 0 Å². The van der Waals surface area contributed by atoms with Gasteiger partial charge in [0, 0.05) is 16.5 Å². The second kappa shape index (κ2) is 3.34. The van der Waals surface area contributed by atoms with E-state index in [9.17, 15) is 4.79 Å². The molecule has 0 amide bonds. The number of aromatic amines is 1. The number of carboxylic acid groups (broad SMARTS) is 1. The van der Waals surface area contributed by atoms with E-state index in [0.717, 1.165) is 10.3 Å².